The van der Waals surface area contributed by atoms with Crippen LogP contribution in [0.2, 0.25) is 0 Å². The molecule has 3 heterocycles. The van der Waals surface area contributed by atoms with Gasteiger partial charge >= 0.3 is 6.18 Å². The maximum Gasteiger partial charge on any atom is 0.417 e. The summed E-state index contributed by atoms with van der Waals surface area (Å²) in [5.74, 6) is 0. The van der Waals surface area contributed by atoms with E-state index in [1.165, 1.54) is 22.5 Å². The summed E-state index contributed by atoms with van der Waals surface area (Å²) in [6.07, 6.45) is -3.28. The van der Waals surface area contributed by atoms with Gasteiger partial charge in [0.05, 0.1) is 22.8 Å². The van der Waals surface area contributed by atoms with Crippen LogP contribution in [0, 0.1) is 11.7 Å². The first kappa shape index (κ1) is 16.4. The van der Waals surface area contributed by atoms with E-state index in [9.17, 15) is 18.0 Å². The largest absolute Gasteiger partial charge is 0.417 e. The molecule has 0 radical (unpaired) electrons. The number of rotatable bonds is 1. The molecule has 0 aliphatic heterocycles. The molecule has 0 bridgehead atoms. The molecular weight excluding hydrogens is 343 g/mol. The van der Waals surface area contributed by atoms with E-state index in [2.05, 4.69) is 15.1 Å². The van der Waals surface area contributed by atoms with Gasteiger partial charge in [-0.25, -0.2) is 4.98 Å². The van der Waals surface area contributed by atoms with E-state index >= 15 is 0 Å². The van der Waals surface area contributed by atoms with Crippen LogP contribution in [0.25, 0.3) is 22.3 Å². The van der Waals surface area contributed by atoms with Crippen LogP contribution in [0.3, 0.4) is 0 Å². The second kappa shape index (κ2) is 5.26. The van der Waals surface area contributed by atoms with Gasteiger partial charge in [-0.3, -0.25) is 14.5 Å². The highest BCUT2D eigenvalue weighted by molar-refractivity contribution is 7.71. The highest BCUT2D eigenvalue weighted by atomic mass is 32.1. The highest BCUT2D eigenvalue weighted by Crippen LogP contribution is 2.35. The lowest BCUT2D eigenvalue weighted by molar-refractivity contribution is -0.136. The zero-order valence-electron chi connectivity index (χ0n) is 12.9. The Balaban J connectivity index is 2.52. The summed E-state index contributed by atoms with van der Waals surface area (Å²) in [5, 5.41) is 3.48. The number of alkyl halides is 3. The predicted octanol–water partition coefficient (Wildman–Crippen LogP) is 2.72. The number of aromatic nitrogens is 5. The third kappa shape index (κ3) is 2.42. The fourth-order valence-electron chi connectivity index (χ4n) is 2.45. The second-order valence-corrected chi connectivity index (χ2v) is 5.72. The summed E-state index contributed by atoms with van der Waals surface area (Å²) in [6.45, 7) is 1.72. The Labute approximate surface area is 138 Å². The Bertz CT molecular complexity index is 1080. The standard InChI is InChI=1S/C14H12F3N5OS/c1-6-7(5-18-22(6)3)9-4-8(14(15,16)17)10-11(19-9)21(2)13(24)20-12(10)23/h4-5H,1-3H3,(H,20,23,24). The normalized spacial score (nSPS) is 12.1. The first-order valence-corrected chi connectivity index (χ1v) is 7.22. The van der Waals surface area contributed by atoms with E-state index < -0.39 is 22.7 Å². The molecule has 0 aliphatic carbocycles. The number of aromatic amines is 1. The summed E-state index contributed by atoms with van der Waals surface area (Å²) in [5.41, 5.74) is -0.912. The first-order valence-electron chi connectivity index (χ1n) is 6.81. The van der Waals surface area contributed by atoms with Crippen molar-refractivity contribution in [1.82, 2.24) is 24.3 Å². The molecule has 3 aromatic rings. The van der Waals surface area contributed by atoms with E-state index in [0.717, 1.165) is 6.07 Å². The zero-order valence-corrected chi connectivity index (χ0v) is 13.7. The van der Waals surface area contributed by atoms with Gasteiger partial charge in [-0.15, -0.1) is 0 Å². The maximum atomic E-state index is 13.5. The number of hydrogen-bond acceptors (Lipinski definition) is 4. The molecule has 24 heavy (non-hydrogen) atoms. The van der Waals surface area contributed by atoms with Gasteiger partial charge in [0.1, 0.15) is 5.65 Å². The molecule has 0 saturated heterocycles. The third-order valence-electron chi connectivity index (χ3n) is 3.89. The minimum absolute atomic E-state index is 0.00631. The van der Waals surface area contributed by atoms with Crippen LogP contribution in [0.4, 0.5) is 13.2 Å². The quantitative estimate of drug-likeness (QED) is 0.682. The van der Waals surface area contributed by atoms with E-state index in [1.54, 1.807) is 14.0 Å². The SMILES string of the molecule is Cc1c(-c2cc(C(F)(F)F)c3c(=O)[nH]c(=S)n(C)c3n2)cnn1C. The molecule has 0 fully saturated rings. The van der Waals surface area contributed by atoms with Crippen molar-refractivity contribution in [3.8, 4) is 11.3 Å². The van der Waals surface area contributed by atoms with Crippen molar-refractivity contribution in [3.05, 3.63) is 38.6 Å². The molecule has 3 rings (SSSR count). The van der Waals surface area contributed by atoms with Crippen LogP contribution in [0.1, 0.15) is 11.3 Å². The molecule has 0 atom stereocenters. The van der Waals surface area contributed by atoms with Crippen molar-refractivity contribution in [1.29, 1.82) is 0 Å². The van der Waals surface area contributed by atoms with Gasteiger partial charge < -0.3 is 4.57 Å². The van der Waals surface area contributed by atoms with Crippen molar-refractivity contribution < 1.29 is 13.2 Å². The molecule has 0 spiro atoms. The van der Waals surface area contributed by atoms with Crippen LogP contribution >= 0.6 is 12.2 Å². The lowest BCUT2D eigenvalue weighted by Gasteiger charge is -2.13. The number of fused-ring (bicyclic) bond motifs is 1. The minimum atomic E-state index is -4.71. The number of aryl methyl sites for hydroxylation is 2. The van der Waals surface area contributed by atoms with Crippen LogP contribution < -0.4 is 5.56 Å². The van der Waals surface area contributed by atoms with Crippen LogP contribution in [0.5, 0.6) is 0 Å². The monoisotopic (exact) mass is 355 g/mol. The lowest BCUT2D eigenvalue weighted by atomic mass is 10.1. The maximum absolute atomic E-state index is 13.5. The van der Waals surface area contributed by atoms with Crippen molar-refractivity contribution >= 4 is 23.3 Å². The Morgan fingerprint density at radius 1 is 1.29 bits per heavy atom. The molecule has 0 unspecified atom stereocenters. The highest BCUT2D eigenvalue weighted by Gasteiger charge is 2.35. The molecule has 10 heteroatoms. The van der Waals surface area contributed by atoms with E-state index in [-0.39, 0.29) is 16.1 Å². The van der Waals surface area contributed by atoms with E-state index in [1.807, 2.05) is 0 Å². The van der Waals surface area contributed by atoms with Crippen molar-refractivity contribution in [2.75, 3.05) is 0 Å². The zero-order chi connectivity index (χ0) is 17.8. The average Bonchev–Trinajstić information content (AvgIpc) is 2.82. The number of hydrogen-bond donors (Lipinski definition) is 1. The van der Waals surface area contributed by atoms with Crippen molar-refractivity contribution in [3.63, 3.8) is 0 Å². The summed E-state index contributed by atoms with van der Waals surface area (Å²) in [7, 11) is 3.13. The summed E-state index contributed by atoms with van der Waals surface area (Å²) >= 11 is 4.96. The third-order valence-corrected chi connectivity index (χ3v) is 4.26. The van der Waals surface area contributed by atoms with Crippen molar-refractivity contribution in [2.24, 2.45) is 14.1 Å². The molecule has 1 N–H and O–H groups in total. The van der Waals surface area contributed by atoms with E-state index in [4.69, 9.17) is 12.2 Å². The predicted molar refractivity (Wildman–Crippen MR) is 84.1 cm³/mol. The first-order chi connectivity index (χ1) is 11.1. The Kier molecular flexibility index (Phi) is 3.59. The lowest BCUT2D eigenvalue weighted by Crippen LogP contribution is -2.19. The average molecular weight is 355 g/mol. The summed E-state index contributed by atoms with van der Waals surface area (Å²) in [6, 6.07) is 0.866. The molecule has 0 amide bonds. The fourth-order valence-corrected chi connectivity index (χ4v) is 2.63. The van der Waals surface area contributed by atoms with E-state index in [0.29, 0.717) is 11.3 Å². The van der Waals surface area contributed by atoms with Gasteiger partial charge in [0.25, 0.3) is 5.56 Å². The number of nitrogens with one attached hydrogen (secondary N) is 1. The minimum Gasteiger partial charge on any atom is -0.306 e. The van der Waals surface area contributed by atoms with Gasteiger partial charge in [-0.05, 0) is 25.2 Å². The van der Waals surface area contributed by atoms with Gasteiger partial charge in [0.15, 0.2) is 4.77 Å². The molecule has 6 nitrogen and oxygen atoms in total. The molecular formula is C14H12F3N5OS. The van der Waals surface area contributed by atoms with Crippen LogP contribution in [-0.2, 0) is 20.3 Å². The smallest absolute Gasteiger partial charge is 0.306 e. The van der Waals surface area contributed by atoms with Crippen LogP contribution in [-0.4, -0.2) is 24.3 Å². The van der Waals surface area contributed by atoms with Crippen molar-refractivity contribution in [2.45, 2.75) is 13.1 Å². The topological polar surface area (TPSA) is 68.5 Å². The molecule has 0 aromatic carbocycles. The Morgan fingerprint density at radius 2 is 1.96 bits per heavy atom. The van der Waals surface area contributed by atoms with Gasteiger partial charge in [-0.2, -0.15) is 18.3 Å². The summed E-state index contributed by atoms with van der Waals surface area (Å²) < 4.78 is 43.3. The molecule has 3 aromatic heterocycles. The Morgan fingerprint density at radius 3 is 2.50 bits per heavy atom. The number of H-pyrrole nitrogens is 1. The number of halogens is 3. The second-order valence-electron chi connectivity index (χ2n) is 5.34. The summed E-state index contributed by atoms with van der Waals surface area (Å²) in [4.78, 5) is 18.5. The van der Waals surface area contributed by atoms with Gasteiger partial charge in [0, 0.05) is 25.4 Å². The van der Waals surface area contributed by atoms with Gasteiger partial charge in [-0.1, -0.05) is 0 Å². The molecule has 0 saturated carbocycles. The number of nitrogens with zero attached hydrogens (tertiary/aromatic N) is 4. The molecule has 0 aliphatic rings. The van der Waals surface area contributed by atoms with Crippen LogP contribution in [0.15, 0.2) is 17.1 Å². The molecule has 126 valence electrons. The fraction of sp³-hybridized carbons (Fsp3) is 0.286. The number of pyridine rings is 1. The Hall–Kier alpha value is -2.49. The van der Waals surface area contributed by atoms with Gasteiger partial charge in [0.2, 0.25) is 0 Å².